The molecule has 0 unspecified atom stereocenters. The van der Waals surface area contributed by atoms with Gasteiger partial charge in [0.05, 0.1) is 10.9 Å². The summed E-state index contributed by atoms with van der Waals surface area (Å²) in [5.74, 6) is -0.758. The van der Waals surface area contributed by atoms with Gasteiger partial charge in [0.25, 0.3) is 5.56 Å². The maximum absolute atomic E-state index is 12.2. The highest BCUT2D eigenvalue weighted by atomic mass is 16.4. The summed E-state index contributed by atoms with van der Waals surface area (Å²) in [7, 11) is 0. The summed E-state index contributed by atoms with van der Waals surface area (Å²) in [5, 5.41) is 17.0. The largest absolute Gasteiger partial charge is 0.478 e. The first-order chi connectivity index (χ1) is 9.65. The van der Waals surface area contributed by atoms with E-state index in [2.05, 4.69) is 10.3 Å². The predicted molar refractivity (Wildman–Crippen MR) is 68.6 cm³/mol. The summed E-state index contributed by atoms with van der Waals surface area (Å²) in [4.78, 5) is 22.9. The first-order valence-electron chi connectivity index (χ1n) is 5.78. The molecule has 0 aliphatic heterocycles. The van der Waals surface area contributed by atoms with Crippen LogP contribution >= 0.6 is 0 Å². The molecule has 0 aliphatic rings. The van der Waals surface area contributed by atoms with E-state index in [4.69, 9.17) is 9.52 Å². The van der Waals surface area contributed by atoms with E-state index in [1.54, 1.807) is 24.3 Å². The monoisotopic (exact) mass is 271 g/mol. The van der Waals surface area contributed by atoms with E-state index >= 15 is 0 Å². The third-order valence-electron chi connectivity index (χ3n) is 2.84. The molecule has 3 aromatic rings. The number of benzene rings is 1. The summed E-state index contributed by atoms with van der Waals surface area (Å²) in [5.41, 5.74) is 0.241. The fourth-order valence-corrected chi connectivity index (χ4v) is 1.85. The lowest BCUT2D eigenvalue weighted by atomic mass is 10.2. The standard InChI is InChI=1S/C13H9N3O4/c17-12-10-3-1-2-4-11(10)14-15-16(12)6-9-5-8(7-20-9)13(18)19/h1-5,7H,6H2,(H,18,19). The van der Waals surface area contributed by atoms with E-state index in [9.17, 15) is 9.59 Å². The quantitative estimate of drug-likeness (QED) is 0.766. The third-order valence-corrected chi connectivity index (χ3v) is 2.84. The summed E-state index contributed by atoms with van der Waals surface area (Å²) >= 11 is 0. The first-order valence-corrected chi connectivity index (χ1v) is 5.78. The van der Waals surface area contributed by atoms with Gasteiger partial charge >= 0.3 is 5.97 Å². The number of carboxylic acid groups (broad SMARTS) is 1. The number of aromatic nitrogens is 3. The number of nitrogens with zero attached hydrogens (tertiary/aromatic N) is 3. The van der Waals surface area contributed by atoms with Crippen molar-refractivity contribution in [1.82, 2.24) is 15.0 Å². The van der Waals surface area contributed by atoms with Crippen LogP contribution in [0, 0.1) is 0 Å². The van der Waals surface area contributed by atoms with Crippen molar-refractivity contribution < 1.29 is 14.3 Å². The molecule has 2 aromatic heterocycles. The molecule has 0 saturated heterocycles. The third kappa shape index (κ3) is 2.05. The number of hydrogen-bond donors (Lipinski definition) is 1. The molecule has 0 spiro atoms. The topological polar surface area (TPSA) is 98.2 Å². The van der Waals surface area contributed by atoms with Gasteiger partial charge in [-0.15, -0.1) is 5.10 Å². The Morgan fingerprint density at radius 1 is 1.35 bits per heavy atom. The van der Waals surface area contributed by atoms with Gasteiger partial charge in [-0.1, -0.05) is 17.3 Å². The number of hydrogen-bond acceptors (Lipinski definition) is 5. The van der Waals surface area contributed by atoms with Crippen LogP contribution in [0.3, 0.4) is 0 Å². The van der Waals surface area contributed by atoms with Crippen LogP contribution in [-0.4, -0.2) is 26.1 Å². The molecule has 3 rings (SSSR count). The maximum Gasteiger partial charge on any atom is 0.338 e. The number of carbonyl (C=O) groups is 1. The van der Waals surface area contributed by atoms with E-state index in [0.717, 1.165) is 10.9 Å². The van der Waals surface area contributed by atoms with Gasteiger partial charge in [0, 0.05) is 0 Å². The molecule has 7 heteroatoms. The van der Waals surface area contributed by atoms with Crippen LogP contribution in [-0.2, 0) is 6.54 Å². The van der Waals surface area contributed by atoms with Crippen molar-refractivity contribution in [1.29, 1.82) is 0 Å². The minimum Gasteiger partial charge on any atom is -0.478 e. The highest BCUT2D eigenvalue weighted by Gasteiger charge is 2.11. The van der Waals surface area contributed by atoms with Crippen molar-refractivity contribution >= 4 is 16.9 Å². The number of carboxylic acids is 1. The van der Waals surface area contributed by atoms with Gasteiger partial charge in [-0.3, -0.25) is 4.79 Å². The Morgan fingerprint density at radius 3 is 2.90 bits per heavy atom. The average molecular weight is 271 g/mol. The molecule has 0 saturated carbocycles. The van der Waals surface area contributed by atoms with E-state index in [1.807, 2.05) is 0 Å². The normalized spacial score (nSPS) is 10.8. The SMILES string of the molecule is O=C(O)c1coc(Cn2nnc3ccccc3c2=O)c1. The summed E-state index contributed by atoms with van der Waals surface area (Å²) in [6.07, 6.45) is 1.12. The minimum atomic E-state index is -1.09. The number of aromatic carboxylic acids is 1. The summed E-state index contributed by atoms with van der Waals surface area (Å²) in [6, 6.07) is 8.22. The van der Waals surface area contributed by atoms with Gasteiger partial charge < -0.3 is 9.52 Å². The van der Waals surface area contributed by atoms with Gasteiger partial charge in [-0.2, -0.15) is 0 Å². The highest BCUT2D eigenvalue weighted by Crippen LogP contribution is 2.09. The van der Waals surface area contributed by atoms with Crippen LogP contribution in [0.2, 0.25) is 0 Å². The van der Waals surface area contributed by atoms with Crippen molar-refractivity contribution in [3.05, 3.63) is 58.3 Å². The molecule has 0 amide bonds. The zero-order valence-electron chi connectivity index (χ0n) is 10.2. The van der Waals surface area contributed by atoms with E-state index in [1.165, 1.54) is 6.07 Å². The Labute approximate surface area is 112 Å². The Balaban J connectivity index is 2.00. The molecule has 1 N–H and O–H groups in total. The predicted octanol–water partition coefficient (Wildman–Crippen LogP) is 1.13. The fourth-order valence-electron chi connectivity index (χ4n) is 1.85. The minimum absolute atomic E-state index is 0.0294. The van der Waals surface area contributed by atoms with Gasteiger partial charge in [-0.25, -0.2) is 9.48 Å². The molecule has 0 radical (unpaired) electrons. The fraction of sp³-hybridized carbons (Fsp3) is 0.0769. The second-order valence-corrected chi connectivity index (χ2v) is 4.18. The van der Waals surface area contributed by atoms with Crippen LogP contribution in [0.25, 0.3) is 10.9 Å². The van der Waals surface area contributed by atoms with Crippen molar-refractivity contribution in [2.75, 3.05) is 0 Å². The first kappa shape index (κ1) is 12.1. The van der Waals surface area contributed by atoms with E-state index in [-0.39, 0.29) is 17.7 Å². The molecule has 0 bridgehead atoms. The maximum atomic E-state index is 12.2. The van der Waals surface area contributed by atoms with Crippen molar-refractivity contribution in [3.8, 4) is 0 Å². The van der Waals surface area contributed by atoms with Gasteiger partial charge in [0.1, 0.15) is 24.1 Å². The van der Waals surface area contributed by atoms with Crippen LogP contribution in [0.1, 0.15) is 16.1 Å². The van der Waals surface area contributed by atoms with Crippen molar-refractivity contribution in [2.45, 2.75) is 6.54 Å². The van der Waals surface area contributed by atoms with Crippen LogP contribution < -0.4 is 5.56 Å². The van der Waals surface area contributed by atoms with E-state index in [0.29, 0.717) is 16.7 Å². The average Bonchev–Trinajstić information content (AvgIpc) is 2.91. The molecule has 100 valence electrons. The lowest BCUT2D eigenvalue weighted by Crippen LogP contribution is -2.24. The Hall–Kier alpha value is -2.96. The van der Waals surface area contributed by atoms with Gasteiger partial charge in [-0.05, 0) is 18.2 Å². The zero-order valence-corrected chi connectivity index (χ0v) is 10.2. The van der Waals surface area contributed by atoms with Crippen LogP contribution in [0.15, 0.2) is 45.8 Å². The van der Waals surface area contributed by atoms with Gasteiger partial charge in [0.2, 0.25) is 0 Å². The van der Waals surface area contributed by atoms with Crippen LogP contribution in [0.5, 0.6) is 0 Å². The molecule has 1 aromatic carbocycles. The van der Waals surface area contributed by atoms with Crippen LogP contribution in [0.4, 0.5) is 0 Å². The highest BCUT2D eigenvalue weighted by molar-refractivity contribution is 5.87. The second kappa shape index (κ2) is 4.61. The molecule has 20 heavy (non-hydrogen) atoms. The number of fused-ring (bicyclic) bond motifs is 1. The molecule has 2 heterocycles. The number of rotatable bonds is 3. The van der Waals surface area contributed by atoms with Crippen molar-refractivity contribution in [3.63, 3.8) is 0 Å². The Kier molecular flexibility index (Phi) is 2.79. The second-order valence-electron chi connectivity index (χ2n) is 4.18. The molecule has 0 atom stereocenters. The van der Waals surface area contributed by atoms with Crippen molar-refractivity contribution in [2.24, 2.45) is 0 Å². The smallest absolute Gasteiger partial charge is 0.338 e. The molecular weight excluding hydrogens is 262 g/mol. The van der Waals surface area contributed by atoms with Gasteiger partial charge in [0.15, 0.2) is 0 Å². The molecule has 7 nitrogen and oxygen atoms in total. The summed E-state index contributed by atoms with van der Waals surface area (Å²) < 4.78 is 6.22. The Bertz CT molecular complexity index is 850. The molecule has 0 fully saturated rings. The lowest BCUT2D eigenvalue weighted by molar-refractivity contribution is 0.0696. The summed E-state index contributed by atoms with van der Waals surface area (Å²) in [6.45, 7) is 0.0317. The lowest BCUT2D eigenvalue weighted by Gasteiger charge is -2.02. The molecular formula is C13H9N3O4. The molecule has 0 aliphatic carbocycles. The number of furan rings is 1. The Morgan fingerprint density at radius 2 is 2.15 bits per heavy atom. The zero-order chi connectivity index (χ0) is 14.1. The van der Waals surface area contributed by atoms with E-state index < -0.39 is 5.97 Å².